The van der Waals surface area contributed by atoms with E-state index in [4.69, 9.17) is 15.6 Å². The highest BCUT2D eigenvalue weighted by Crippen LogP contribution is 2.44. The Bertz CT molecular complexity index is 1180. The Morgan fingerprint density at radius 3 is 2.24 bits per heavy atom. The summed E-state index contributed by atoms with van der Waals surface area (Å²) in [5.41, 5.74) is 4.97. The van der Waals surface area contributed by atoms with E-state index in [2.05, 4.69) is 51.1 Å². The van der Waals surface area contributed by atoms with Gasteiger partial charge >= 0.3 is 18.0 Å². The Morgan fingerprint density at radius 2 is 1.78 bits per heavy atom. The molecule has 2 fully saturated rings. The number of amides is 4. The minimum Gasteiger partial charge on any atom is -0.480 e. The minimum absolute atomic E-state index is 0.00319. The number of esters is 1. The van der Waals surface area contributed by atoms with Gasteiger partial charge in [0.25, 0.3) is 0 Å². The third-order valence-corrected chi connectivity index (χ3v) is 13.6. The maximum absolute atomic E-state index is 12.7. The lowest BCUT2D eigenvalue weighted by Crippen LogP contribution is -2.73. The Hall–Kier alpha value is -3.87. The monoisotopic (exact) mass is 589 g/mol. The maximum atomic E-state index is 12.7. The highest BCUT2D eigenvalue weighted by atomic mass is 28.3. The van der Waals surface area contributed by atoms with E-state index < -0.39 is 49.6 Å². The van der Waals surface area contributed by atoms with E-state index in [1.165, 1.54) is 7.11 Å². The molecule has 13 heteroatoms. The predicted molar refractivity (Wildman–Crippen MR) is 157 cm³/mol. The Balaban J connectivity index is 0.000000333. The lowest BCUT2D eigenvalue weighted by atomic mass is 9.69. The number of nitrogens with zero attached hydrogens (tertiary/aromatic N) is 2. The number of anilines is 1. The van der Waals surface area contributed by atoms with Gasteiger partial charge in [-0.2, -0.15) is 0 Å². The molecule has 0 bridgehead atoms. The molecule has 2 aliphatic rings. The summed E-state index contributed by atoms with van der Waals surface area (Å²) in [6, 6.07) is 6.51. The molecule has 0 aliphatic carbocycles. The second-order valence-electron chi connectivity index (χ2n) is 12.0. The molecule has 12 nitrogen and oxygen atoms in total. The molecule has 2 unspecified atom stereocenters. The number of benzene rings is 1. The number of likely N-dealkylation sites (tertiary alicyclic amines) is 1. The Kier molecular flexibility index (Phi) is 10.4. The zero-order valence-corrected chi connectivity index (χ0v) is 25.9. The number of imide groups is 1. The third-order valence-electron chi connectivity index (χ3n) is 8.13. The van der Waals surface area contributed by atoms with E-state index in [-0.39, 0.29) is 17.4 Å². The van der Waals surface area contributed by atoms with Crippen LogP contribution in [0.5, 0.6) is 0 Å². The fraction of sp³-hybridized carbons (Fsp3) is 0.536. The molecule has 2 saturated heterocycles. The summed E-state index contributed by atoms with van der Waals surface area (Å²) in [5.74, 6) is -1.57. The number of hydrogen-bond donors (Lipinski definition) is 4. The molecule has 1 aromatic carbocycles. The van der Waals surface area contributed by atoms with Crippen molar-refractivity contribution in [3.05, 3.63) is 42.7 Å². The van der Waals surface area contributed by atoms with Gasteiger partial charge in [0.1, 0.15) is 6.04 Å². The highest BCUT2D eigenvalue weighted by molar-refractivity contribution is 6.80. The summed E-state index contributed by atoms with van der Waals surface area (Å²) in [6.07, 6.45) is 1.16. The van der Waals surface area contributed by atoms with Crippen LogP contribution in [0.25, 0.3) is 0 Å². The van der Waals surface area contributed by atoms with Crippen LogP contribution >= 0.6 is 0 Å². The van der Waals surface area contributed by atoms with Crippen LogP contribution in [0.15, 0.2) is 42.7 Å². The first-order valence-electron chi connectivity index (χ1n) is 13.4. The van der Waals surface area contributed by atoms with E-state index in [1.54, 1.807) is 35.8 Å². The van der Waals surface area contributed by atoms with E-state index in [1.807, 2.05) is 6.07 Å². The number of carbonyl (C=O) groups excluding carboxylic acids is 4. The van der Waals surface area contributed by atoms with Gasteiger partial charge in [0.15, 0.2) is 14.3 Å². The van der Waals surface area contributed by atoms with Gasteiger partial charge in [-0.3, -0.25) is 14.4 Å². The minimum atomic E-state index is -2.01. The molecular weight excluding hydrogens is 546 g/mol. The SMILES string of the molecule is C=C(N)NCCC[C@@]1(C)C(=O)N(C(=O)Nc2ccccc2)C1C(=O)OC.CC(C)(C)[Si](C)(C)N1C(=O)CC1C(=O)O. The van der Waals surface area contributed by atoms with Crippen LogP contribution < -0.4 is 16.4 Å². The van der Waals surface area contributed by atoms with E-state index in [0.717, 1.165) is 4.90 Å². The summed E-state index contributed by atoms with van der Waals surface area (Å²) in [5, 5.41) is 14.5. The van der Waals surface area contributed by atoms with Crippen molar-refractivity contribution in [2.45, 2.75) is 77.2 Å². The molecule has 4 amide bonds. The molecule has 226 valence electrons. The summed E-state index contributed by atoms with van der Waals surface area (Å²) in [4.78, 5) is 60.8. The van der Waals surface area contributed by atoms with Gasteiger partial charge in [0.05, 0.1) is 24.8 Å². The molecule has 0 radical (unpaired) electrons. The number of para-hydroxylation sites is 1. The van der Waals surface area contributed by atoms with Crippen molar-refractivity contribution in [3.8, 4) is 0 Å². The normalized spacial score (nSPS) is 21.9. The van der Waals surface area contributed by atoms with Crippen molar-refractivity contribution < 1.29 is 33.8 Å². The maximum Gasteiger partial charge on any atom is 0.330 e. The molecular formula is C28H43N5O7Si. The summed E-state index contributed by atoms with van der Waals surface area (Å²) in [6.45, 7) is 16.0. The fourth-order valence-corrected chi connectivity index (χ4v) is 7.16. The van der Waals surface area contributed by atoms with Crippen molar-refractivity contribution in [2.75, 3.05) is 19.0 Å². The zero-order chi connectivity index (χ0) is 31.3. The Morgan fingerprint density at radius 1 is 1.20 bits per heavy atom. The summed E-state index contributed by atoms with van der Waals surface area (Å²) < 4.78 is 6.44. The highest BCUT2D eigenvalue weighted by Gasteiger charge is 2.63. The van der Waals surface area contributed by atoms with Gasteiger partial charge < -0.3 is 30.8 Å². The number of nitrogens with two attached hydrogens (primary N) is 1. The molecule has 5 N–H and O–H groups in total. The number of carbonyl (C=O) groups is 5. The predicted octanol–water partition coefficient (Wildman–Crippen LogP) is 3.09. The summed E-state index contributed by atoms with van der Waals surface area (Å²) in [7, 11) is -0.773. The van der Waals surface area contributed by atoms with Crippen molar-refractivity contribution in [2.24, 2.45) is 11.1 Å². The van der Waals surface area contributed by atoms with Gasteiger partial charge in [-0.25, -0.2) is 14.5 Å². The number of ether oxygens (including phenoxy) is 1. The van der Waals surface area contributed by atoms with Gasteiger partial charge in [-0.1, -0.05) is 58.6 Å². The van der Waals surface area contributed by atoms with E-state index in [9.17, 15) is 24.0 Å². The number of hydrogen-bond acceptors (Lipinski definition) is 8. The first-order chi connectivity index (χ1) is 18.9. The third kappa shape index (κ3) is 7.07. The van der Waals surface area contributed by atoms with Gasteiger partial charge in [0.2, 0.25) is 11.8 Å². The van der Waals surface area contributed by atoms with Crippen molar-refractivity contribution in [1.29, 1.82) is 0 Å². The zero-order valence-electron chi connectivity index (χ0n) is 24.9. The number of rotatable bonds is 9. The van der Waals surface area contributed by atoms with Gasteiger partial charge in [-0.05, 0) is 36.9 Å². The number of nitrogens with one attached hydrogen (secondary N) is 2. The van der Waals surface area contributed by atoms with Crippen LogP contribution in [-0.4, -0.2) is 78.3 Å². The molecule has 2 aliphatic heterocycles. The van der Waals surface area contributed by atoms with Crippen molar-refractivity contribution >= 4 is 43.7 Å². The molecule has 3 atom stereocenters. The number of aliphatic carboxylic acids is 1. The second kappa shape index (κ2) is 12.8. The van der Waals surface area contributed by atoms with Crippen LogP contribution in [-0.2, 0) is 23.9 Å². The number of carboxylic acids is 1. The molecule has 3 rings (SSSR count). The average Bonchev–Trinajstić information content (AvgIpc) is 2.86. The average molecular weight is 590 g/mol. The topological polar surface area (TPSA) is 171 Å². The molecule has 0 saturated carbocycles. The van der Waals surface area contributed by atoms with Crippen molar-refractivity contribution in [1.82, 2.24) is 14.8 Å². The number of urea groups is 1. The van der Waals surface area contributed by atoms with Gasteiger partial charge in [0, 0.05) is 12.2 Å². The van der Waals surface area contributed by atoms with Crippen LogP contribution in [0.4, 0.5) is 10.5 Å². The fourth-order valence-electron chi connectivity index (χ4n) is 4.75. The molecule has 0 aromatic heterocycles. The van der Waals surface area contributed by atoms with Crippen LogP contribution in [0, 0.1) is 5.41 Å². The van der Waals surface area contributed by atoms with Crippen LogP contribution in [0.2, 0.25) is 18.1 Å². The molecule has 0 spiro atoms. The molecule has 41 heavy (non-hydrogen) atoms. The lowest BCUT2D eigenvalue weighted by molar-refractivity contribution is -0.178. The number of carboxylic acid groups (broad SMARTS) is 1. The van der Waals surface area contributed by atoms with E-state index in [0.29, 0.717) is 30.9 Å². The van der Waals surface area contributed by atoms with Crippen LogP contribution in [0.3, 0.4) is 0 Å². The standard InChI is InChI=1S/C18H24N4O4.C10H19NO3Si/c1-12(19)20-11-7-10-18(2)14(15(23)26-3)22(16(18)24)17(25)21-13-8-5-4-6-9-13;1-10(2,3)15(4,5)11-7(9(13)14)6-8(11)12/h4-6,8-9,14,20H,1,7,10-11,19H2,2-3H3,(H,21,25);7H,6H2,1-5H3,(H,13,14)/t14?,18-;/m1./s1. The number of β-lactam (4-membered cyclic amide) rings is 2. The Labute approximate surface area is 242 Å². The second-order valence-corrected chi connectivity index (χ2v) is 17.1. The summed E-state index contributed by atoms with van der Waals surface area (Å²) >= 11 is 0. The molecule has 2 heterocycles. The largest absolute Gasteiger partial charge is 0.480 e. The first-order valence-corrected chi connectivity index (χ1v) is 16.4. The lowest BCUT2D eigenvalue weighted by Gasteiger charge is -2.53. The van der Waals surface area contributed by atoms with Gasteiger partial charge in [-0.15, -0.1) is 0 Å². The molecule has 1 aromatic rings. The quantitative estimate of drug-likeness (QED) is 0.146. The first kappa shape index (κ1) is 33.3. The number of methoxy groups -OCH3 is 1. The smallest absolute Gasteiger partial charge is 0.330 e. The van der Waals surface area contributed by atoms with Crippen molar-refractivity contribution in [3.63, 3.8) is 0 Å². The van der Waals surface area contributed by atoms with E-state index >= 15 is 0 Å². The van der Waals surface area contributed by atoms with Crippen LogP contribution in [0.1, 0.15) is 47.0 Å².